The summed E-state index contributed by atoms with van der Waals surface area (Å²) in [7, 11) is 0. The molecule has 2 heterocycles. The van der Waals surface area contributed by atoms with E-state index in [-0.39, 0.29) is 24.1 Å². The maximum Gasteiger partial charge on any atom is 0.410 e. The molecule has 3 rings (SSSR count). The predicted molar refractivity (Wildman–Crippen MR) is 130 cm³/mol. The van der Waals surface area contributed by atoms with Crippen LogP contribution in [0.15, 0.2) is 30.5 Å². The fraction of sp³-hybridized carbons (Fsp3) is 0.500. The van der Waals surface area contributed by atoms with Gasteiger partial charge in [0, 0.05) is 31.7 Å². The number of hydrogen-bond acceptors (Lipinski definition) is 6. The molecule has 1 fully saturated rings. The Kier molecular flexibility index (Phi) is 8.09. The Hall–Kier alpha value is -3.49. The van der Waals surface area contributed by atoms with E-state index in [1.165, 1.54) is 11.1 Å². The van der Waals surface area contributed by atoms with Crippen molar-refractivity contribution in [2.45, 2.75) is 65.5 Å². The molecule has 0 aliphatic carbocycles. The second-order valence-corrected chi connectivity index (χ2v) is 10.0. The summed E-state index contributed by atoms with van der Waals surface area (Å²) in [6.07, 6.45) is 2.57. The SMILES string of the molecule is Cc1ccc(CN(CC(=O)O)C(=O)c2cnc(C3CCN(C(=O)OC(C)(C)C)CC3)nc2C)cc1. The third-order valence-electron chi connectivity index (χ3n) is 5.85. The maximum atomic E-state index is 13.2. The minimum Gasteiger partial charge on any atom is -0.480 e. The zero-order valence-electron chi connectivity index (χ0n) is 21.1. The smallest absolute Gasteiger partial charge is 0.410 e. The van der Waals surface area contributed by atoms with Gasteiger partial charge in [0.2, 0.25) is 0 Å². The van der Waals surface area contributed by atoms with Crippen LogP contribution in [0.1, 0.15) is 72.5 Å². The summed E-state index contributed by atoms with van der Waals surface area (Å²) in [5.41, 5.74) is 2.19. The molecule has 0 radical (unpaired) electrons. The Balaban J connectivity index is 1.69. The number of ether oxygens (including phenoxy) is 1. The molecule has 1 aliphatic rings. The molecule has 188 valence electrons. The largest absolute Gasteiger partial charge is 0.480 e. The van der Waals surface area contributed by atoms with E-state index in [1.54, 1.807) is 11.8 Å². The number of amides is 2. The van der Waals surface area contributed by atoms with Crippen molar-refractivity contribution in [3.05, 3.63) is 58.7 Å². The van der Waals surface area contributed by atoms with E-state index in [0.717, 1.165) is 11.1 Å². The van der Waals surface area contributed by atoms with Gasteiger partial charge in [-0.15, -0.1) is 0 Å². The average molecular weight is 483 g/mol. The van der Waals surface area contributed by atoms with E-state index in [2.05, 4.69) is 9.97 Å². The van der Waals surface area contributed by atoms with Crippen LogP contribution in [0.3, 0.4) is 0 Å². The number of nitrogens with zero attached hydrogens (tertiary/aromatic N) is 4. The lowest BCUT2D eigenvalue weighted by Gasteiger charge is -2.33. The van der Waals surface area contributed by atoms with Gasteiger partial charge in [-0.1, -0.05) is 29.8 Å². The number of carbonyl (C=O) groups excluding carboxylic acids is 2. The molecule has 1 aromatic heterocycles. The Morgan fingerprint density at radius 2 is 1.74 bits per heavy atom. The zero-order valence-corrected chi connectivity index (χ0v) is 21.1. The van der Waals surface area contributed by atoms with Gasteiger partial charge in [-0.3, -0.25) is 9.59 Å². The van der Waals surface area contributed by atoms with Gasteiger partial charge >= 0.3 is 12.1 Å². The number of hydrogen-bond donors (Lipinski definition) is 1. The average Bonchev–Trinajstić information content (AvgIpc) is 2.78. The van der Waals surface area contributed by atoms with Crippen LogP contribution in [0.5, 0.6) is 0 Å². The molecule has 1 N–H and O–H groups in total. The van der Waals surface area contributed by atoms with Gasteiger partial charge in [0.15, 0.2) is 0 Å². The highest BCUT2D eigenvalue weighted by Crippen LogP contribution is 2.27. The third kappa shape index (κ3) is 7.24. The van der Waals surface area contributed by atoms with Crippen LogP contribution >= 0.6 is 0 Å². The molecule has 1 aliphatic heterocycles. The molecule has 0 unspecified atom stereocenters. The van der Waals surface area contributed by atoms with Crippen LogP contribution in [0, 0.1) is 13.8 Å². The summed E-state index contributed by atoms with van der Waals surface area (Å²) in [6, 6.07) is 7.62. The number of carbonyl (C=O) groups is 3. The van der Waals surface area contributed by atoms with Gasteiger partial charge in [-0.25, -0.2) is 14.8 Å². The first-order valence-electron chi connectivity index (χ1n) is 11.8. The molecule has 0 spiro atoms. The number of aromatic nitrogens is 2. The Bertz CT molecular complexity index is 1070. The molecule has 35 heavy (non-hydrogen) atoms. The van der Waals surface area contributed by atoms with Crippen molar-refractivity contribution in [3.63, 3.8) is 0 Å². The highest BCUT2D eigenvalue weighted by atomic mass is 16.6. The number of aliphatic carboxylic acids is 1. The lowest BCUT2D eigenvalue weighted by molar-refractivity contribution is -0.137. The first-order chi connectivity index (χ1) is 16.4. The Labute approximate surface area is 206 Å². The van der Waals surface area contributed by atoms with E-state index >= 15 is 0 Å². The van der Waals surface area contributed by atoms with Crippen LogP contribution in [-0.4, -0.2) is 68.1 Å². The first kappa shape index (κ1) is 26.1. The van der Waals surface area contributed by atoms with Crippen molar-refractivity contribution in [1.29, 1.82) is 0 Å². The molecule has 9 heteroatoms. The Morgan fingerprint density at radius 3 is 2.29 bits per heavy atom. The number of carboxylic acid groups (broad SMARTS) is 1. The fourth-order valence-electron chi connectivity index (χ4n) is 3.99. The highest BCUT2D eigenvalue weighted by molar-refractivity contribution is 5.96. The lowest BCUT2D eigenvalue weighted by Crippen LogP contribution is -2.41. The number of rotatable bonds is 6. The van der Waals surface area contributed by atoms with Crippen molar-refractivity contribution in [2.75, 3.05) is 19.6 Å². The summed E-state index contributed by atoms with van der Waals surface area (Å²) < 4.78 is 5.45. The van der Waals surface area contributed by atoms with Gasteiger partial charge in [0.25, 0.3) is 5.91 Å². The van der Waals surface area contributed by atoms with Gasteiger partial charge in [0.05, 0.1) is 11.3 Å². The number of benzene rings is 1. The monoisotopic (exact) mass is 482 g/mol. The molecule has 2 aromatic rings. The predicted octanol–water partition coefficient (Wildman–Crippen LogP) is 3.93. The summed E-state index contributed by atoms with van der Waals surface area (Å²) in [4.78, 5) is 49.0. The normalized spacial score (nSPS) is 14.5. The van der Waals surface area contributed by atoms with Crippen molar-refractivity contribution >= 4 is 18.0 Å². The Morgan fingerprint density at radius 1 is 1.11 bits per heavy atom. The number of aryl methyl sites for hydroxylation is 2. The standard InChI is InChI=1S/C26H34N4O5/c1-17-6-8-19(9-7-17)15-30(16-22(31)32)24(33)21-14-27-23(28-18(21)2)20-10-12-29(13-11-20)25(34)35-26(3,4)5/h6-9,14,20H,10-13,15-16H2,1-5H3,(H,31,32). The number of likely N-dealkylation sites (tertiary alicyclic amines) is 1. The van der Waals surface area contributed by atoms with Crippen molar-refractivity contribution in [1.82, 2.24) is 19.8 Å². The van der Waals surface area contributed by atoms with Crippen LogP contribution < -0.4 is 0 Å². The summed E-state index contributed by atoms with van der Waals surface area (Å²) >= 11 is 0. The number of carboxylic acids is 1. The molecule has 0 atom stereocenters. The van der Waals surface area contributed by atoms with Gasteiger partial charge in [0.1, 0.15) is 18.0 Å². The second kappa shape index (κ2) is 10.8. The van der Waals surface area contributed by atoms with Gasteiger partial charge in [-0.05, 0) is 53.0 Å². The molecule has 1 saturated heterocycles. The zero-order chi connectivity index (χ0) is 25.8. The van der Waals surface area contributed by atoms with Crippen molar-refractivity contribution in [2.24, 2.45) is 0 Å². The van der Waals surface area contributed by atoms with Crippen LogP contribution in [0.25, 0.3) is 0 Å². The molecule has 0 saturated carbocycles. The second-order valence-electron chi connectivity index (χ2n) is 10.0. The summed E-state index contributed by atoms with van der Waals surface area (Å²) in [5, 5.41) is 9.35. The van der Waals surface area contributed by atoms with Crippen LogP contribution in [0.4, 0.5) is 4.79 Å². The minimum absolute atomic E-state index is 0.0687. The fourth-order valence-corrected chi connectivity index (χ4v) is 3.99. The first-order valence-corrected chi connectivity index (χ1v) is 11.8. The summed E-state index contributed by atoms with van der Waals surface area (Å²) in [6.45, 7) is 10.1. The van der Waals surface area contributed by atoms with Gasteiger partial charge < -0.3 is 19.6 Å². The lowest BCUT2D eigenvalue weighted by atomic mass is 9.96. The molecule has 9 nitrogen and oxygen atoms in total. The van der Waals surface area contributed by atoms with E-state index in [1.807, 2.05) is 52.0 Å². The highest BCUT2D eigenvalue weighted by Gasteiger charge is 2.29. The van der Waals surface area contributed by atoms with Crippen molar-refractivity contribution < 1.29 is 24.2 Å². The van der Waals surface area contributed by atoms with E-state index in [0.29, 0.717) is 37.4 Å². The van der Waals surface area contributed by atoms with Gasteiger partial charge in [-0.2, -0.15) is 0 Å². The maximum absolute atomic E-state index is 13.2. The molecule has 0 bridgehead atoms. The van der Waals surface area contributed by atoms with Crippen LogP contribution in [0.2, 0.25) is 0 Å². The minimum atomic E-state index is -1.09. The van der Waals surface area contributed by atoms with E-state index in [4.69, 9.17) is 4.74 Å². The van der Waals surface area contributed by atoms with E-state index in [9.17, 15) is 19.5 Å². The molecular formula is C26H34N4O5. The molecule has 2 amide bonds. The van der Waals surface area contributed by atoms with Crippen LogP contribution in [-0.2, 0) is 16.1 Å². The topological polar surface area (TPSA) is 113 Å². The summed E-state index contributed by atoms with van der Waals surface area (Å²) in [5.74, 6) is -0.806. The molecular weight excluding hydrogens is 448 g/mol. The molecule has 1 aromatic carbocycles. The third-order valence-corrected chi connectivity index (χ3v) is 5.85. The number of piperidine rings is 1. The van der Waals surface area contributed by atoms with E-state index < -0.39 is 24.0 Å². The van der Waals surface area contributed by atoms with Crippen molar-refractivity contribution in [3.8, 4) is 0 Å². The quantitative estimate of drug-likeness (QED) is 0.664.